The van der Waals surface area contributed by atoms with Crippen molar-refractivity contribution >= 4 is 15.9 Å². The third-order valence-electron chi connectivity index (χ3n) is 3.32. The van der Waals surface area contributed by atoms with Gasteiger partial charge in [0.05, 0.1) is 0 Å². The Labute approximate surface area is 107 Å². The Morgan fingerprint density at radius 3 is 2.69 bits per heavy atom. The smallest absolute Gasteiger partial charge is 0.0236 e. The molecule has 0 spiro atoms. The number of hydrogen-bond acceptors (Lipinski definition) is 1. The van der Waals surface area contributed by atoms with E-state index in [4.69, 9.17) is 0 Å². The number of nitrogens with zero attached hydrogens (tertiary/aromatic N) is 1. The van der Waals surface area contributed by atoms with Gasteiger partial charge in [0.1, 0.15) is 0 Å². The minimum absolute atomic E-state index is 1.15. The van der Waals surface area contributed by atoms with Crippen molar-refractivity contribution in [3.05, 3.63) is 35.4 Å². The molecule has 1 aliphatic rings. The summed E-state index contributed by atoms with van der Waals surface area (Å²) in [6.07, 6.45) is 5.23. The molecule has 1 aromatic carbocycles. The van der Waals surface area contributed by atoms with Crippen LogP contribution in [0.1, 0.15) is 30.4 Å². The first-order chi connectivity index (χ1) is 7.90. The van der Waals surface area contributed by atoms with E-state index in [1.54, 1.807) is 5.56 Å². The second-order valence-electron chi connectivity index (χ2n) is 4.54. The standard InChI is InChI=1S/C14H20BrN/c15-9-4-1-5-10-16-11-8-13-6-2-3-7-14(13)12-16/h2-3,6-7H,1,4-5,8-12H2. The number of alkyl halides is 1. The topological polar surface area (TPSA) is 3.24 Å². The SMILES string of the molecule is BrCCCCCN1CCc2ccccc2C1. The number of benzene rings is 1. The Bertz CT molecular complexity index is 324. The number of halogens is 1. The first-order valence-corrected chi connectivity index (χ1v) is 7.37. The predicted molar refractivity (Wildman–Crippen MR) is 73.1 cm³/mol. The van der Waals surface area contributed by atoms with Gasteiger partial charge in [-0.2, -0.15) is 0 Å². The zero-order valence-electron chi connectivity index (χ0n) is 9.79. The third kappa shape index (κ3) is 3.33. The van der Waals surface area contributed by atoms with E-state index in [1.807, 2.05) is 0 Å². The number of fused-ring (bicyclic) bond motifs is 1. The fraction of sp³-hybridized carbons (Fsp3) is 0.571. The summed E-state index contributed by atoms with van der Waals surface area (Å²) in [7, 11) is 0. The van der Waals surface area contributed by atoms with Crippen LogP contribution in [0, 0.1) is 0 Å². The lowest BCUT2D eigenvalue weighted by molar-refractivity contribution is 0.249. The molecule has 0 amide bonds. The molecule has 0 N–H and O–H groups in total. The molecule has 0 unspecified atom stereocenters. The molecule has 2 heteroatoms. The second kappa shape index (κ2) is 6.41. The van der Waals surface area contributed by atoms with Crippen molar-refractivity contribution in [2.75, 3.05) is 18.4 Å². The Hall–Kier alpha value is -0.340. The largest absolute Gasteiger partial charge is 0.299 e. The van der Waals surface area contributed by atoms with E-state index >= 15 is 0 Å². The minimum Gasteiger partial charge on any atom is -0.299 e. The molecule has 0 saturated heterocycles. The van der Waals surface area contributed by atoms with Gasteiger partial charge in [-0.1, -0.05) is 46.6 Å². The van der Waals surface area contributed by atoms with E-state index in [0.29, 0.717) is 0 Å². The summed E-state index contributed by atoms with van der Waals surface area (Å²) in [6.45, 7) is 3.66. The average Bonchev–Trinajstić information content (AvgIpc) is 2.34. The minimum atomic E-state index is 1.15. The predicted octanol–water partition coefficient (Wildman–Crippen LogP) is 3.61. The van der Waals surface area contributed by atoms with Gasteiger partial charge in [0.25, 0.3) is 0 Å². The monoisotopic (exact) mass is 281 g/mol. The fourth-order valence-electron chi connectivity index (χ4n) is 2.35. The quantitative estimate of drug-likeness (QED) is 0.589. The van der Waals surface area contributed by atoms with Crippen LogP contribution in [0.2, 0.25) is 0 Å². The molecule has 0 saturated carbocycles. The molecule has 0 bridgehead atoms. The summed E-state index contributed by atoms with van der Waals surface area (Å²) in [6, 6.07) is 8.87. The van der Waals surface area contributed by atoms with Gasteiger partial charge < -0.3 is 0 Å². The van der Waals surface area contributed by atoms with Crippen LogP contribution in [0.5, 0.6) is 0 Å². The molecule has 16 heavy (non-hydrogen) atoms. The molecule has 1 heterocycles. The molecular formula is C14H20BrN. The van der Waals surface area contributed by atoms with Crippen LogP contribution in [0.15, 0.2) is 24.3 Å². The lowest BCUT2D eigenvalue weighted by atomic mass is 10.00. The van der Waals surface area contributed by atoms with E-state index in [-0.39, 0.29) is 0 Å². The van der Waals surface area contributed by atoms with Gasteiger partial charge >= 0.3 is 0 Å². The van der Waals surface area contributed by atoms with E-state index < -0.39 is 0 Å². The van der Waals surface area contributed by atoms with E-state index in [1.165, 1.54) is 44.3 Å². The summed E-state index contributed by atoms with van der Waals surface area (Å²) < 4.78 is 0. The number of rotatable bonds is 5. The Morgan fingerprint density at radius 1 is 1.06 bits per heavy atom. The highest BCUT2D eigenvalue weighted by atomic mass is 79.9. The normalized spacial score (nSPS) is 16.1. The van der Waals surface area contributed by atoms with E-state index in [0.717, 1.165) is 11.9 Å². The van der Waals surface area contributed by atoms with Gasteiger partial charge in [-0.05, 0) is 36.9 Å². The Balaban J connectivity index is 1.79. The van der Waals surface area contributed by atoms with Gasteiger partial charge in [-0.25, -0.2) is 0 Å². The molecule has 0 aliphatic carbocycles. The van der Waals surface area contributed by atoms with Crippen molar-refractivity contribution in [2.24, 2.45) is 0 Å². The van der Waals surface area contributed by atoms with Gasteiger partial charge in [-0.3, -0.25) is 4.90 Å². The first kappa shape index (κ1) is 12.1. The van der Waals surface area contributed by atoms with Crippen LogP contribution < -0.4 is 0 Å². The maximum Gasteiger partial charge on any atom is 0.0236 e. The summed E-state index contributed by atoms with van der Waals surface area (Å²) in [4.78, 5) is 2.59. The summed E-state index contributed by atoms with van der Waals surface area (Å²) in [5.41, 5.74) is 3.09. The molecule has 0 radical (unpaired) electrons. The lowest BCUT2D eigenvalue weighted by Gasteiger charge is -2.28. The van der Waals surface area contributed by atoms with E-state index in [2.05, 4.69) is 45.1 Å². The summed E-state index contributed by atoms with van der Waals surface area (Å²) in [5.74, 6) is 0. The molecule has 1 nitrogen and oxygen atoms in total. The lowest BCUT2D eigenvalue weighted by Crippen LogP contribution is -2.31. The molecular weight excluding hydrogens is 262 g/mol. The Morgan fingerprint density at radius 2 is 1.88 bits per heavy atom. The molecule has 1 aliphatic heterocycles. The van der Waals surface area contributed by atoms with Gasteiger partial charge in [-0.15, -0.1) is 0 Å². The van der Waals surface area contributed by atoms with E-state index in [9.17, 15) is 0 Å². The van der Waals surface area contributed by atoms with Crippen molar-refractivity contribution in [1.29, 1.82) is 0 Å². The van der Waals surface area contributed by atoms with Crippen LogP contribution in [-0.4, -0.2) is 23.3 Å². The first-order valence-electron chi connectivity index (χ1n) is 6.25. The highest BCUT2D eigenvalue weighted by molar-refractivity contribution is 9.09. The maximum absolute atomic E-state index is 3.48. The third-order valence-corrected chi connectivity index (χ3v) is 3.88. The molecule has 0 atom stereocenters. The molecule has 0 fully saturated rings. The number of hydrogen-bond donors (Lipinski definition) is 0. The van der Waals surface area contributed by atoms with Gasteiger partial charge in [0.2, 0.25) is 0 Å². The highest BCUT2D eigenvalue weighted by Crippen LogP contribution is 2.18. The zero-order chi connectivity index (χ0) is 11.2. The zero-order valence-corrected chi connectivity index (χ0v) is 11.4. The van der Waals surface area contributed by atoms with Gasteiger partial charge in [0, 0.05) is 18.4 Å². The van der Waals surface area contributed by atoms with Crippen LogP contribution in [0.4, 0.5) is 0 Å². The van der Waals surface area contributed by atoms with Crippen molar-refractivity contribution in [3.63, 3.8) is 0 Å². The van der Waals surface area contributed by atoms with Crippen molar-refractivity contribution < 1.29 is 0 Å². The van der Waals surface area contributed by atoms with Crippen LogP contribution >= 0.6 is 15.9 Å². The van der Waals surface area contributed by atoms with Crippen LogP contribution in [-0.2, 0) is 13.0 Å². The van der Waals surface area contributed by atoms with Crippen molar-refractivity contribution in [2.45, 2.75) is 32.2 Å². The summed E-state index contributed by atoms with van der Waals surface area (Å²) in [5, 5.41) is 1.15. The van der Waals surface area contributed by atoms with Crippen LogP contribution in [0.3, 0.4) is 0 Å². The van der Waals surface area contributed by atoms with Crippen molar-refractivity contribution in [1.82, 2.24) is 4.90 Å². The fourth-order valence-corrected chi connectivity index (χ4v) is 2.75. The molecule has 88 valence electrons. The van der Waals surface area contributed by atoms with Crippen LogP contribution in [0.25, 0.3) is 0 Å². The summed E-state index contributed by atoms with van der Waals surface area (Å²) >= 11 is 3.48. The maximum atomic E-state index is 3.48. The second-order valence-corrected chi connectivity index (χ2v) is 5.34. The Kier molecular flexibility index (Phi) is 4.86. The van der Waals surface area contributed by atoms with Gasteiger partial charge in [0.15, 0.2) is 0 Å². The number of unbranched alkanes of at least 4 members (excludes halogenated alkanes) is 2. The molecule has 1 aromatic rings. The van der Waals surface area contributed by atoms with Crippen molar-refractivity contribution in [3.8, 4) is 0 Å². The molecule has 2 rings (SSSR count). The highest BCUT2D eigenvalue weighted by Gasteiger charge is 2.14. The average molecular weight is 282 g/mol. The molecule has 0 aromatic heterocycles.